The third kappa shape index (κ3) is 2.22. The van der Waals surface area contributed by atoms with Crippen LogP contribution in [0.1, 0.15) is 10.6 Å². The summed E-state index contributed by atoms with van der Waals surface area (Å²) >= 11 is 1.97. The molecule has 0 unspecified atom stereocenters. The quantitative estimate of drug-likeness (QED) is 0.272. The Bertz CT molecular complexity index is 307. The molecule has 0 saturated heterocycles. The number of nitrogens with zero attached hydrogens (tertiary/aromatic N) is 1. The molecule has 6 heteroatoms. The summed E-state index contributed by atoms with van der Waals surface area (Å²) in [5.41, 5.74) is 0. The summed E-state index contributed by atoms with van der Waals surface area (Å²) in [5.74, 6) is 4.65. The maximum atomic E-state index is 11.1. The topological polar surface area (TPSA) is 80.6 Å². The Labute approximate surface area is 82.1 Å². The molecule has 1 heterocycles. The average Bonchev–Trinajstić information content (AvgIpc) is 2.47. The van der Waals surface area contributed by atoms with Crippen molar-refractivity contribution >= 4 is 34.8 Å². The van der Waals surface area contributed by atoms with Crippen LogP contribution in [0.2, 0.25) is 0 Å². The number of halogens is 1. The first-order valence-corrected chi connectivity index (χ1v) is 4.10. The molecule has 1 aromatic heterocycles. The van der Waals surface area contributed by atoms with Crippen molar-refractivity contribution in [3.63, 3.8) is 0 Å². The number of nitrogens with two attached hydrogens (primary N) is 1. The fourth-order valence-electron chi connectivity index (χ4n) is 0.603. The van der Waals surface area contributed by atoms with Gasteiger partial charge in [0, 0.05) is 0 Å². The Hall–Kier alpha value is -1.05. The Kier molecular flexibility index (Phi) is 3.09. The van der Waals surface area contributed by atoms with E-state index in [0.29, 0.717) is 3.77 Å². The van der Waals surface area contributed by atoms with Crippen molar-refractivity contribution in [2.75, 3.05) is 0 Å². The zero-order valence-electron chi connectivity index (χ0n) is 5.95. The van der Waals surface area contributed by atoms with Crippen molar-refractivity contribution in [3.05, 3.63) is 21.7 Å². The minimum atomic E-state index is -0.368. The number of hydrogen-bond acceptors (Lipinski definition) is 4. The Balaban J connectivity index is 2.65. The molecule has 0 aliphatic carbocycles. The zero-order chi connectivity index (χ0) is 8.97. The fraction of sp³-hybridized carbons (Fsp3) is 0. The molecule has 0 aliphatic heterocycles. The smallest absolute Gasteiger partial charge is 0.292 e. The van der Waals surface area contributed by atoms with Crippen molar-refractivity contribution in [1.29, 1.82) is 0 Å². The number of hydrogen-bond donors (Lipinski definition) is 2. The first-order valence-electron chi connectivity index (χ1n) is 3.02. The van der Waals surface area contributed by atoms with Gasteiger partial charge in [-0.3, -0.25) is 4.79 Å². The van der Waals surface area contributed by atoms with Crippen LogP contribution in [0, 0.1) is 3.77 Å². The highest BCUT2D eigenvalue weighted by molar-refractivity contribution is 14.1. The summed E-state index contributed by atoms with van der Waals surface area (Å²) in [6.07, 6.45) is 1.09. The van der Waals surface area contributed by atoms with Crippen LogP contribution in [0.3, 0.4) is 0 Å². The van der Waals surface area contributed by atoms with Crippen LogP contribution in [0.4, 0.5) is 0 Å². The number of amides is 1. The van der Waals surface area contributed by atoms with Gasteiger partial charge in [-0.2, -0.15) is 5.10 Å². The summed E-state index contributed by atoms with van der Waals surface area (Å²) in [6.45, 7) is 0. The van der Waals surface area contributed by atoms with Crippen LogP contribution in [0.15, 0.2) is 21.7 Å². The molecule has 0 atom stereocenters. The van der Waals surface area contributed by atoms with Crippen molar-refractivity contribution in [2.24, 2.45) is 10.9 Å². The molecule has 64 valence electrons. The molecular weight excluding hydrogens is 273 g/mol. The lowest BCUT2D eigenvalue weighted by Gasteiger charge is -1.92. The molecule has 1 rings (SSSR count). The molecule has 0 spiro atoms. The first-order chi connectivity index (χ1) is 5.74. The summed E-state index contributed by atoms with van der Waals surface area (Å²) in [6, 6.07) is 3.26. The highest BCUT2D eigenvalue weighted by atomic mass is 127. The van der Waals surface area contributed by atoms with Crippen LogP contribution < -0.4 is 11.2 Å². The summed E-state index contributed by atoms with van der Waals surface area (Å²) in [7, 11) is 0. The Morgan fingerprint density at radius 2 is 2.50 bits per heavy atom. The van der Waals surface area contributed by atoms with Crippen molar-refractivity contribution in [2.45, 2.75) is 0 Å². The van der Waals surface area contributed by atoms with Gasteiger partial charge in [0.1, 0.15) is 6.34 Å². The van der Waals surface area contributed by atoms with Gasteiger partial charge in [0.05, 0.1) is 0 Å². The van der Waals surface area contributed by atoms with E-state index >= 15 is 0 Å². The van der Waals surface area contributed by atoms with E-state index in [1.807, 2.05) is 22.6 Å². The SMILES string of the molecule is NN=CNC(=O)c1ccc(I)o1. The third-order valence-electron chi connectivity index (χ3n) is 1.07. The Morgan fingerprint density at radius 3 is 3.00 bits per heavy atom. The van der Waals surface area contributed by atoms with Crippen LogP contribution in [0.5, 0.6) is 0 Å². The molecule has 0 saturated carbocycles. The molecule has 0 radical (unpaired) electrons. The largest absolute Gasteiger partial charge is 0.445 e. The van der Waals surface area contributed by atoms with Gasteiger partial charge in [0.15, 0.2) is 9.53 Å². The van der Waals surface area contributed by atoms with Gasteiger partial charge in [0.25, 0.3) is 5.91 Å². The van der Waals surface area contributed by atoms with Crippen LogP contribution in [-0.4, -0.2) is 12.2 Å². The molecule has 5 nitrogen and oxygen atoms in total. The standard InChI is InChI=1S/C6H6IN3O2/c7-5-2-1-4(12-5)6(11)9-3-10-8/h1-3H,8H2,(H,9,10,11). The van der Waals surface area contributed by atoms with Crippen LogP contribution in [0.25, 0.3) is 0 Å². The summed E-state index contributed by atoms with van der Waals surface area (Å²) in [4.78, 5) is 11.1. The lowest BCUT2D eigenvalue weighted by molar-refractivity contribution is 0.0950. The number of carbonyl (C=O) groups excluding carboxylic acids is 1. The van der Waals surface area contributed by atoms with Gasteiger partial charge >= 0.3 is 0 Å². The van der Waals surface area contributed by atoms with Crippen molar-refractivity contribution in [1.82, 2.24) is 5.32 Å². The van der Waals surface area contributed by atoms with E-state index in [9.17, 15) is 4.79 Å². The molecule has 1 amide bonds. The Morgan fingerprint density at radius 1 is 1.75 bits per heavy atom. The van der Waals surface area contributed by atoms with Crippen LogP contribution >= 0.6 is 22.6 Å². The molecule has 12 heavy (non-hydrogen) atoms. The number of carbonyl (C=O) groups is 1. The summed E-state index contributed by atoms with van der Waals surface area (Å²) in [5, 5.41) is 5.42. The highest BCUT2D eigenvalue weighted by Crippen LogP contribution is 2.09. The van der Waals surface area contributed by atoms with E-state index in [1.54, 1.807) is 12.1 Å². The number of rotatable bonds is 2. The highest BCUT2D eigenvalue weighted by Gasteiger charge is 2.07. The second-order valence-electron chi connectivity index (χ2n) is 1.86. The zero-order valence-corrected chi connectivity index (χ0v) is 8.11. The normalized spacial score (nSPS) is 10.4. The lowest BCUT2D eigenvalue weighted by Crippen LogP contribution is -2.21. The molecule has 0 aromatic carbocycles. The van der Waals surface area contributed by atoms with Gasteiger partial charge in [-0.1, -0.05) is 0 Å². The van der Waals surface area contributed by atoms with E-state index in [4.69, 9.17) is 10.3 Å². The molecule has 0 aliphatic rings. The second-order valence-corrected chi connectivity index (χ2v) is 2.92. The average molecular weight is 279 g/mol. The molecule has 0 fully saturated rings. The fourth-order valence-corrected chi connectivity index (χ4v) is 1.02. The van der Waals surface area contributed by atoms with E-state index in [2.05, 4.69) is 10.4 Å². The maximum absolute atomic E-state index is 11.1. The van der Waals surface area contributed by atoms with E-state index in [0.717, 1.165) is 6.34 Å². The lowest BCUT2D eigenvalue weighted by atomic mass is 10.4. The van der Waals surface area contributed by atoms with Crippen molar-refractivity contribution in [3.8, 4) is 0 Å². The minimum Gasteiger partial charge on any atom is -0.445 e. The minimum absolute atomic E-state index is 0.235. The van der Waals surface area contributed by atoms with E-state index < -0.39 is 0 Å². The first kappa shape index (κ1) is 9.04. The van der Waals surface area contributed by atoms with Gasteiger partial charge < -0.3 is 15.6 Å². The second kappa shape index (κ2) is 4.10. The third-order valence-corrected chi connectivity index (χ3v) is 1.65. The van der Waals surface area contributed by atoms with Gasteiger partial charge in [-0.25, -0.2) is 0 Å². The molecule has 3 N–H and O–H groups in total. The predicted molar refractivity (Wildman–Crippen MR) is 51.6 cm³/mol. The maximum Gasteiger partial charge on any atom is 0.292 e. The van der Waals surface area contributed by atoms with Gasteiger partial charge in [-0.05, 0) is 34.7 Å². The van der Waals surface area contributed by atoms with Gasteiger partial charge in [0.2, 0.25) is 0 Å². The number of furan rings is 1. The monoisotopic (exact) mass is 279 g/mol. The predicted octanol–water partition coefficient (Wildman–Crippen LogP) is 0.516. The van der Waals surface area contributed by atoms with Crippen LogP contribution in [-0.2, 0) is 0 Å². The van der Waals surface area contributed by atoms with E-state index in [-0.39, 0.29) is 11.7 Å². The molecule has 0 bridgehead atoms. The van der Waals surface area contributed by atoms with Crippen molar-refractivity contribution < 1.29 is 9.21 Å². The van der Waals surface area contributed by atoms with E-state index in [1.165, 1.54) is 0 Å². The molecule has 1 aromatic rings. The van der Waals surface area contributed by atoms with Gasteiger partial charge in [-0.15, -0.1) is 0 Å². The summed E-state index contributed by atoms with van der Waals surface area (Å²) < 4.78 is 5.67. The number of hydrazone groups is 1. The number of nitrogens with one attached hydrogen (secondary N) is 1. The molecular formula is C6H6IN3O2.